The maximum atomic E-state index is 12.0. The minimum atomic E-state index is -3.14. The van der Waals surface area contributed by atoms with Gasteiger partial charge in [-0.15, -0.1) is 11.3 Å². The molecule has 114 valence electrons. The van der Waals surface area contributed by atoms with Crippen LogP contribution in [0.5, 0.6) is 0 Å². The molecule has 0 unspecified atom stereocenters. The third-order valence-electron chi connectivity index (χ3n) is 2.92. The molecule has 0 saturated carbocycles. The van der Waals surface area contributed by atoms with E-state index in [1.54, 1.807) is 11.6 Å². The Balaban J connectivity index is 1.96. The standard InChI is InChI=1S/C14H18N2O3S2/c17-8-4-1-5-9-21(18,19)11-12-10-20-14(16-12)13-6-2-3-7-15-13/h2-3,6-7,10,17H,1,4-5,8-9,11H2. The molecule has 0 aromatic carbocycles. The molecule has 0 aliphatic carbocycles. The van der Waals surface area contributed by atoms with Gasteiger partial charge >= 0.3 is 0 Å². The first kappa shape index (κ1) is 16.1. The van der Waals surface area contributed by atoms with Gasteiger partial charge in [0.2, 0.25) is 0 Å². The van der Waals surface area contributed by atoms with E-state index in [0.717, 1.165) is 17.1 Å². The normalized spacial score (nSPS) is 11.7. The summed E-state index contributed by atoms with van der Waals surface area (Å²) in [6.07, 6.45) is 3.65. The van der Waals surface area contributed by atoms with E-state index in [1.165, 1.54) is 11.3 Å². The summed E-state index contributed by atoms with van der Waals surface area (Å²) in [4.78, 5) is 8.55. The lowest BCUT2D eigenvalue weighted by Crippen LogP contribution is -2.09. The number of nitrogens with zero attached hydrogens (tertiary/aromatic N) is 2. The van der Waals surface area contributed by atoms with Gasteiger partial charge in [0.25, 0.3) is 0 Å². The molecule has 7 heteroatoms. The van der Waals surface area contributed by atoms with Crippen LogP contribution >= 0.6 is 11.3 Å². The topological polar surface area (TPSA) is 80.2 Å². The Morgan fingerprint density at radius 1 is 1.19 bits per heavy atom. The fourth-order valence-corrected chi connectivity index (χ4v) is 4.18. The van der Waals surface area contributed by atoms with Gasteiger partial charge in [-0.2, -0.15) is 0 Å². The lowest BCUT2D eigenvalue weighted by atomic mass is 10.3. The molecule has 0 atom stereocenters. The number of sulfone groups is 1. The molecule has 0 saturated heterocycles. The first-order chi connectivity index (χ1) is 10.1. The Morgan fingerprint density at radius 2 is 2.05 bits per heavy atom. The Hall–Kier alpha value is -1.31. The lowest BCUT2D eigenvalue weighted by molar-refractivity contribution is 0.284. The van der Waals surface area contributed by atoms with Crippen LogP contribution in [-0.4, -0.2) is 35.9 Å². The fourth-order valence-electron chi connectivity index (χ4n) is 1.89. The molecular formula is C14H18N2O3S2. The van der Waals surface area contributed by atoms with E-state index in [1.807, 2.05) is 18.2 Å². The molecule has 2 rings (SSSR count). The highest BCUT2D eigenvalue weighted by Crippen LogP contribution is 2.22. The summed E-state index contributed by atoms with van der Waals surface area (Å²) in [7, 11) is -3.14. The second kappa shape index (κ2) is 7.63. The number of pyridine rings is 1. The van der Waals surface area contributed by atoms with Gasteiger partial charge in [-0.1, -0.05) is 12.5 Å². The van der Waals surface area contributed by atoms with Crippen molar-refractivity contribution in [1.82, 2.24) is 9.97 Å². The summed E-state index contributed by atoms with van der Waals surface area (Å²) < 4.78 is 24.0. The number of hydrogen-bond acceptors (Lipinski definition) is 6. The molecule has 0 radical (unpaired) electrons. The van der Waals surface area contributed by atoms with Crippen molar-refractivity contribution < 1.29 is 13.5 Å². The quantitative estimate of drug-likeness (QED) is 0.753. The van der Waals surface area contributed by atoms with Crippen molar-refractivity contribution in [2.24, 2.45) is 0 Å². The fraction of sp³-hybridized carbons (Fsp3) is 0.429. The Kier molecular flexibility index (Phi) is 5.84. The molecule has 0 aliphatic heterocycles. The van der Waals surface area contributed by atoms with Crippen molar-refractivity contribution in [2.45, 2.75) is 25.0 Å². The summed E-state index contributed by atoms with van der Waals surface area (Å²) in [6.45, 7) is 0.111. The van der Waals surface area contributed by atoms with Crippen molar-refractivity contribution in [3.8, 4) is 10.7 Å². The average Bonchev–Trinajstić information content (AvgIpc) is 2.92. The molecule has 0 bridgehead atoms. The highest BCUT2D eigenvalue weighted by Gasteiger charge is 2.15. The number of rotatable bonds is 8. The minimum Gasteiger partial charge on any atom is -0.396 e. The van der Waals surface area contributed by atoms with Gasteiger partial charge in [0, 0.05) is 18.2 Å². The first-order valence-electron chi connectivity index (χ1n) is 6.78. The lowest BCUT2D eigenvalue weighted by Gasteiger charge is -2.02. The maximum absolute atomic E-state index is 12.0. The molecule has 2 aromatic heterocycles. The maximum Gasteiger partial charge on any atom is 0.156 e. The van der Waals surface area contributed by atoms with E-state index in [4.69, 9.17) is 5.11 Å². The van der Waals surface area contributed by atoms with E-state index in [-0.39, 0.29) is 18.1 Å². The third-order valence-corrected chi connectivity index (χ3v) is 5.48. The van der Waals surface area contributed by atoms with E-state index in [9.17, 15) is 8.42 Å². The molecule has 2 aromatic rings. The number of aliphatic hydroxyl groups is 1. The van der Waals surface area contributed by atoms with Gasteiger partial charge in [0.05, 0.1) is 22.9 Å². The van der Waals surface area contributed by atoms with Crippen LogP contribution in [0.1, 0.15) is 25.0 Å². The number of aromatic nitrogens is 2. The molecule has 21 heavy (non-hydrogen) atoms. The van der Waals surface area contributed by atoms with Crippen molar-refractivity contribution in [3.05, 3.63) is 35.5 Å². The zero-order valence-corrected chi connectivity index (χ0v) is 13.2. The number of aliphatic hydroxyl groups excluding tert-OH is 1. The van der Waals surface area contributed by atoms with Crippen LogP contribution in [0.4, 0.5) is 0 Å². The van der Waals surface area contributed by atoms with E-state index in [2.05, 4.69) is 9.97 Å². The molecule has 0 fully saturated rings. The van der Waals surface area contributed by atoms with Gasteiger partial charge in [0.1, 0.15) is 5.01 Å². The first-order valence-corrected chi connectivity index (χ1v) is 9.48. The van der Waals surface area contributed by atoms with Crippen LogP contribution in [-0.2, 0) is 15.6 Å². The monoisotopic (exact) mass is 326 g/mol. The number of thiazole rings is 1. The van der Waals surface area contributed by atoms with Gasteiger partial charge in [0.15, 0.2) is 9.84 Å². The molecular weight excluding hydrogens is 308 g/mol. The highest BCUT2D eigenvalue weighted by molar-refractivity contribution is 7.90. The predicted molar refractivity (Wildman–Crippen MR) is 83.8 cm³/mol. The molecule has 0 aliphatic rings. The second-order valence-electron chi connectivity index (χ2n) is 4.74. The third kappa shape index (κ3) is 5.18. The van der Waals surface area contributed by atoms with E-state index in [0.29, 0.717) is 18.5 Å². The summed E-state index contributed by atoms with van der Waals surface area (Å²) in [6, 6.07) is 5.56. The Morgan fingerprint density at radius 3 is 2.76 bits per heavy atom. The average molecular weight is 326 g/mol. The molecule has 1 N–H and O–H groups in total. The summed E-state index contributed by atoms with van der Waals surface area (Å²) >= 11 is 1.40. The second-order valence-corrected chi connectivity index (χ2v) is 7.78. The van der Waals surface area contributed by atoms with E-state index < -0.39 is 9.84 Å². The summed E-state index contributed by atoms with van der Waals surface area (Å²) in [5, 5.41) is 11.2. The molecule has 0 spiro atoms. The summed E-state index contributed by atoms with van der Waals surface area (Å²) in [5.41, 5.74) is 1.33. The van der Waals surface area contributed by atoms with Crippen LogP contribution in [0.15, 0.2) is 29.8 Å². The molecule has 5 nitrogen and oxygen atoms in total. The van der Waals surface area contributed by atoms with Crippen LogP contribution in [0.25, 0.3) is 10.7 Å². The highest BCUT2D eigenvalue weighted by atomic mass is 32.2. The van der Waals surface area contributed by atoms with Gasteiger partial charge < -0.3 is 5.11 Å². The number of unbranched alkanes of at least 4 members (excludes halogenated alkanes) is 2. The largest absolute Gasteiger partial charge is 0.396 e. The zero-order chi connectivity index (χ0) is 15.1. The van der Waals surface area contributed by atoms with Crippen LogP contribution in [0, 0.1) is 0 Å². The smallest absolute Gasteiger partial charge is 0.156 e. The van der Waals surface area contributed by atoms with Crippen LogP contribution in [0.2, 0.25) is 0 Å². The Labute approximate surface area is 128 Å². The molecule has 0 amide bonds. The van der Waals surface area contributed by atoms with Crippen molar-refractivity contribution >= 4 is 21.2 Å². The van der Waals surface area contributed by atoms with Gasteiger partial charge in [-0.25, -0.2) is 13.4 Å². The van der Waals surface area contributed by atoms with Crippen LogP contribution < -0.4 is 0 Å². The van der Waals surface area contributed by atoms with Crippen LogP contribution in [0.3, 0.4) is 0 Å². The Bertz CT molecular complexity index is 654. The summed E-state index contributed by atoms with van der Waals surface area (Å²) in [5.74, 6) is 0.110. The van der Waals surface area contributed by atoms with Crippen molar-refractivity contribution in [1.29, 1.82) is 0 Å². The van der Waals surface area contributed by atoms with E-state index >= 15 is 0 Å². The molecule has 2 heterocycles. The SMILES string of the molecule is O=S(=O)(CCCCCO)Cc1csc(-c2ccccn2)n1. The predicted octanol–water partition coefficient (Wildman–Crippen LogP) is 2.28. The van der Waals surface area contributed by atoms with Crippen molar-refractivity contribution in [3.63, 3.8) is 0 Å². The zero-order valence-electron chi connectivity index (χ0n) is 11.6. The van der Waals surface area contributed by atoms with Gasteiger partial charge in [-0.3, -0.25) is 4.98 Å². The number of hydrogen-bond donors (Lipinski definition) is 1. The van der Waals surface area contributed by atoms with Gasteiger partial charge in [-0.05, 0) is 25.0 Å². The van der Waals surface area contributed by atoms with Crippen molar-refractivity contribution in [2.75, 3.05) is 12.4 Å². The minimum absolute atomic E-state index is 0.0323.